The van der Waals surface area contributed by atoms with Crippen molar-refractivity contribution in [2.45, 2.75) is 51.2 Å². The number of esters is 1. The van der Waals surface area contributed by atoms with Crippen molar-refractivity contribution < 1.29 is 19.0 Å². The normalized spacial score (nSPS) is 40.8. The molecule has 0 spiro atoms. The van der Waals surface area contributed by atoms with Crippen LogP contribution in [0.2, 0.25) is 0 Å². The minimum atomic E-state index is -0.655. The smallest absolute Gasteiger partial charge is 0.311 e. The first-order valence-electron chi connectivity index (χ1n) is 5.72. The molecule has 2 rings (SSSR count). The predicted molar refractivity (Wildman–Crippen MR) is 56.5 cm³/mol. The van der Waals surface area contributed by atoms with Gasteiger partial charge in [0.1, 0.15) is 12.2 Å². The molecule has 4 atom stereocenters. The van der Waals surface area contributed by atoms with Crippen molar-refractivity contribution >= 4 is 5.97 Å². The number of nitrogens with two attached hydrogens (primary N) is 1. The number of fused-ring (bicyclic) bond motifs is 1. The topological polar surface area (TPSA) is 70.8 Å². The van der Waals surface area contributed by atoms with Crippen LogP contribution in [-0.2, 0) is 19.0 Å². The fourth-order valence-corrected chi connectivity index (χ4v) is 2.50. The van der Waals surface area contributed by atoms with Gasteiger partial charge in [0.15, 0.2) is 5.79 Å². The summed E-state index contributed by atoms with van der Waals surface area (Å²) in [5.74, 6) is -1.17. The fraction of sp³-hybridized carbons (Fsp3) is 0.909. The highest BCUT2D eigenvalue weighted by Gasteiger charge is 2.55. The Bertz CT molecular complexity index is 292. The molecule has 92 valence electrons. The van der Waals surface area contributed by atoms with E-state index in [2.05, 4.69) is 0 Å². The van der Waals surface area contributed by atoms with Gasteiger partial charge in [-0.2, -0.15) is 0 Å². The summed E-state index contributed by atoms with van der Waals surface area (Å²) in [7, 11) is 0. The molecule has 1 saturated carbocycles. The molecule has 1 heterocycles. The molecule has 2 aliphatic rings. The number of rotatable bonds is 2. The molecule has 5 nitrogen and oxygen atoms in total. The Balaban J connectivity index is 2.10. The minimum absolute atomic E-state index is 0.152. The molecule has 0 aromatic carbocycles. The Kier molecular flexibility index (Phi) is 2.94. The highest BCUT2D eigenvalue weighted by Crippen LogP contribution is 2.41. The summed E-state index contributed by atoms with van der Waals surface area (Å²) in [6.07, 6.45) is 0.123. The lowest BCUT2D eigenvalue weighted by Gasteiger charge is -2.21. The zero-order valence-electron chi connectivity index (χ0n) is 9.93. The Morgan fingerprint density at radius 1 is 1.44 bits per heavy atom. The van der Waals surface area contributed by atoms with E-state index in [0.29, 0.717) is 13.0 Å². The molecule has 2 fully saturated rings. The maximum Gasteiger partial charge on any atom is 0.311 e. The molecule has 0 amide bonds. The second kappa shape index (κ2) is 3.98. The summed E-state index contributed by atoms with van der Waals surface area (Å²) in [5.41, 5.74) is 5.95. The van der Waals surface area contributed by atoms with Gasteiger partial charge < -0.3 is 19.9 Å². The molecule has 1 aliphatic heterocycles. The maximum atomic E-state index is 11.7. The van der Waals surface area contributed by atoms with E-state index in [0.717, 1.165) is 0 Å². The first-order valence-corrected chi connectivity index (χ1v) is 5.72. The van der Waals surface area contributed by atoms with E-state index in [-0.39, 0.29) is 30.1 Å². The summed E-state index contributed by atoms with van der Waals surface area (Å²) < 4.78 is 16.4. The Labute approximate surface area is 95.2 Å². The van der Waals surface area contributed by atoms with Gasteiger partial charge in [-0.1, -0.05) is 0 Å². The van der Waals surface area contributed by atoms with Crippen LogP contribution < -0.4 is 5.73 Å². The van der Waals surface area contributed by atoms with Gasteiger partial charge in [0.25, 0.3) is 0 Å². The zero-order chi connectivity index (χ0) is 11.9. The lowest BCUT2D eigenvalue weighted by atomic mass is 10.1. The molecule has 0 aromatic heterocycles. The zero-order valence-corrected chi connectivity index (χ0v) is 9.93. The summed E-state index contributed by atoms with van der Waals surface area (Å²) in [4.78, 5) is 11.7. The number of carbonyl (C=O) groups is 1. The molecule has 0 bridgehead atoms. The van der Waals surface area contributed by atoms with E-state index in [1.165, 1.54) is 0 Å². The average molecular weight is 229 g/mol. The molecule has 0 unspecified atom stereocenters. The molecule has 0 radical (unpaired) electrons. The van der Waals surface area contributed by atoms with Crippen LogP contribution >= 0.6 is 0 Å². The Hall–Kier alpha value is -0.650. The third-order valence-electron chi connectivity index (χ3n) is 3.10. The average Bonchev–Trinajstić information content (AvgIpc) is 2.62. The first-order chi connectivity index (χ1) is 7.44. The minimum Gasteiger partial charge on any atom is -0.466 e. The van der Waals surface area contributed by atoms with Crippen LogP contribution in [0.25, 0.3) is 0 Å². The predicted octanol–water partition coefficient (Wildman–Crippen LogP) is 0.417. The van der Waals surface area contributed by atoms with E-state index in [1.54, 1.807) is 6.92 Å². The van der Waals surface area contributed by atoms with Gasteiger partial charge in [-0.25, -0.2) is 0 Å². The van der Waals surface area contributed by atoms with Gasteiger partial charge in [-0.15, -0.1) is 0 Å². The molecule has 5 heteroatoms. The summed E-state index contributed by atoms with van der Waals surface area (Å²) in [6, 6.07) is -0.152. The molecule has 0 aromatic rings. The standard InChI is InChI=1S/C11H19NO4/c1-4-14-10(13)6-5-7(12)9-8(6)15-11(2,3)16-9/h6-9H,4-5,12H2,1-3H3/t6-,7+,8+,9-/m1/s1. The van der Waals surface area contributed by atoms with Gasteiger partial charge in [0.2, 0.25) is 0 Å². The molecular formula is C11H19NO4. The molecule has 1 saturated heterocycles. The number of hydrogen-bond donors (Lipinski definition) is 1. The van der Waals surface area contributed by atoms with Crippen molar-refractivity contribution in [2.24, 2.45) is 11.7 Å². The molecule has 16 heavy (non-hydrogen) atoms. The lowest BCUT2D eigenvalue weighted by Crippen LogP contribution is -2.35. The van der Waals surface area contributed by atoms with Crippen LogP contribution in [-0.4, -0.2) is 36.6 Å². The van der Waals surface area contributed by atoms with Crippen molar-refractivity contribution in [1.29, 1.82) is 0 Å². The van der Waals surface area contributed by atoms with Crippen molar-refractivity contribution in [3.05, 3.63) is 0 Å². The fourth-order valence-electron chi connectivity index (χ4n) is 2.50. The highest BCUT2D eigenvalue weighted by molar-refractivity contribution is 5.74. The van der Waals surface area contributed by atoms with Crippen molar-refractivity contribution in [2.75, 3.05) is 6.61 Å². The summed E-state index contributed by atoms with van der Waals surface area (Å²) in [6.45, 7) is 5.84. The van der Waals surface area contributed by atoms with Gasteiger partial charge in [0, 0.05) is 6.04 Å². The third kappa shape index (κ3) is 1.95. The molecule has 2 N–H and O–H groups in total. The summed E-state index contributed by atoms with van der Waals surface area (Å²) >= 11 is 0. The quantitative estimate of drug-likeness (QED) is 0.695. The second-order valence-electron chi connectivity index (χ2n) is 4.82. The van der Waals surface area contributed by atoms with E-state index >= 15 is 0 Å². The van der Waals surface area contributed by atoms with E-state index in [4.69, 9.17) is 19.9 Å². The van der Waals surface area contributed by atoms with E-state index in [1.807, 2.05) is 13.8 Å². The van der Waals surface area contributed by atoms with Gasteiger partial charge >= 0.3 is 5.97 Å². The van der Waals surface area contributed by atoms with Gasteiger partial charge in [-0.3, -0.25) is 4.79 Å². The van der Waals surface area contributed by atoms with Gasteiger partial charge in [0.05, 0.1) is 12.5 Å². The Morgan fingerprint density at radius 2 is 2.06 bits per heavy atom. The number of ether oxygens (including phenoxy) is 3. The van der Waals surface area contributed by atoms with Crippen LogP contribution in [0, 0.1) is 5.92 Å². The van der Waals surface area contributed by atoms with Crippen LogP contribution in [0.3, 0.4) is 0 Å². The van der Waals surface area contributed by atoms with Gasteiger partial charge in [-0.05, 0) is 27.2 Å². The van der Waals surface area contributed by atoms with Crippen molar-refractivity contribution in [1.82, 2.24) is 0 Å². The highest BCUT2D eigenvalue weighted by atomic mass is 16.8. The lowest BCUT2D eigenvalue weighted by molar-refractivity contribution is -0.168. The summed E-state index contributed by atoms with van der Waals surface area (Å²) in [5, 5.41) is 0. The second-order valence-corrected chi connectivity index (χ2v) is 4.82. The first kappa shape index (κ1) is 11.8. The largest absolute Gasteiger partial charge is 0.466 e. The third-order valence-corrected chi connectivity index (χ3v) is 3.10. The van der Waals surface area contributed by atoms with Crippen LogP contribution in [0.15, 0.2) is 0 Å². The van der Waals surface area contributed by atoms with Crippen LogP contribution in [0.5, 0.6) is 0 Å². The number of carbonyl (C=O) groups excluding carboxylic acids is 1. The SMILES string of the molecule is CCOC(=O)[C@@H]1C[C@H](N)[C@H]2OC(C)(C)O[C@H]21. The number of hydrogen-bond acceptors (Lipinski definition) is 5. The monoisotopic (exact) mass is 229 g/mol. The molecular weight excluding hydrogens is 210 g/mol. The van der Waals surface area contributed by atoms with Crippen LogP contribution in [0.1, 0.15) is 27.2 Å². The van der Waals surface area contributed by atoms with Crippen molar-refractivity contribution in [3.63, 3.8) is 0 Å². The Morgan fingerprint density at radius 3 is 2.69 bits per heavy atom. The van der Waals surface area contributed by atoms with Crippen LogP contribution in [0.4, 0.5) is 0 Å². The van der Waals surface area contributed by atoms with Crippen molar-refractivity contribution in [3.8, 4) is 0 Å². The van der Waals surface area contributed by atoms with E-state index < -0.39 is 5.79 Å². The van der Waals surface area contributed by atoms with E-state index in [9.17, 15) is 4.79 Å². The molecule has 1 aliphatic carbocycles. The maximum absolute atomic E-state index is 11.7.